The number of carboxylic acid groups (broad SMARTS) is 1. The lowest BCUT2D eigenvalue weighted by molar-refractivity contribution is -0.384. The number of nitrogens with one attached hydrogen (secondary N) is 1. The Kier molecular flexibility index (Phi) is 4.99. The summed E-state index contributed by atoms with van der Waals surface area (Å²) < 4.78 is 0. The summed E-state index contributed by atoms with van der Waals surface area (Å²) in [5.41, 5.74) is -0.761. The molecule has 1 aromatic carbocycles. The van der Waals surface area contributed by atoms with Gasteiger partial charge in [0.1, 0.15) is 0 Å². The van der Waals surface area contributed by atoms with Crippen molar-refractivity contribution in [2.45, 2.75) is 19.8 Å². The number of benzene rings is 1. The maximum Gasteiger partial charge on any atom is 0.336 e. The normalized spacial score (nSPS) is 9.95. The molecule has 0 atom stereocenters. The fourth-order valence-electron chi connectivity index (χ4n) is 1.49. The third-order valence-corrected chi connectivity index (χ3v) is 2.50. The van der Waals surface area contributed by atoms with Gasteiger partial charge in [-0.15, -0.1) is 0 Å². The zero-order valence-corrected chi connectivity index (χ0v) is 10.4. The first-order valence-corrected chi connectivity index (χ1v) is 5.77. The maximum atomic E-state index is 11.8. The molecule has 0 radical (unpaired) electrons. The molecule has 0 bridgehead atoms. The fraction of sp³-hybridized carbons (Fsp3) is 0.333. The highest BCUT2D eigenvalue weighted by Crippen LogP contribution is 2.18. The van der Waals surface area contributed by atoms with Crippen molar-refractivity contribution in [3.05, 3.63) is 39.4 Å². The monoisotopic (exact) mass is 266 g/mol. The minimum Gasteiger partial charge on any atom is -0.478 e. The van der Waals surface area contributed by atoms with Crippen LogP contribution in [0.2, 0.25) is 0 Å². The molecule has 2 N–H and O–H groups in total. The molecule has 102 valence electrons. The van der Waals surface area contributed by atoms with Crippen LogP contribution in [0.3, 0.4) is 0 Å². The molecule has 7 nitrogen and oxygen atoms in total. The lowest BCUT2D eigenvalue weighted by Crippen LogP contribution is -2.26. The van der Waals surface area contributed by atoms with E-state index in [0.29, 0.717) is 6.54 Å². The molecule has 7 heteroatoms. The van der Waals surface area contributed by atoms with Gasteiger partial charge in [-0.1, -0.05) is 13.3 Å². The number of carboxylic acids is 1. The first kappa shape index (κ1) is 14.6. The van der Waals surface area contributed by atoms with Crippen molar-refractivity contribution in [3.63, 3.8) is 0 Å². The van der Waals surface area contributed by atoms with Gasteiger partial charge in [-0.25, -0.2) is 4.79 Å². The molecule has 1 amide bonds. The molecule has 0 unspecified atom stereocenters. The Morgan fingerprint density at radius 1 is 1.37 bits per heavy atom. The second kappa shape index (κ2) is 6.48. The SMILES string of the molecule is CCCCNC(=O)c1cc([N+](=O)[O-])ccc1C(=O)O. The summed E-state index contributed by atoms with van der Waals surface area (Å²) in [7, 11) is 0. The molecular formula is C12H14N2O5. The smallest absolute Gasteiger partial charge is 0.336 e. The number of non-ortho nitro benzene ring substituents is 1. The van der Waals surface area contributed by atoms with E-state index in [-0.39, 0.29) is 16.8 Å². The maximum absolute atomic E-state index is 11.8. The van der Waals surface area contributed by atoms with E-state index in [1.807, 2.05) is 6.92 Å². The van der Waals surface area contributed by atoms with E-state index in [2.05, 4.69) is 5.32 Å². The molecule has 0 heterocycles. The number of hydrogen-bond acceptors (Lipinski definition) is 4. The average molecular weight is 266 g/mol. The summed E-state index contributed by atoms with van der Waals surface area (Å²) >= 11 is 0. The molecule has 1 aromatic rings. The van der Waals surface area contributed by atoms with Gasteiger partial charge in [0.25, 0.3) is 11.6 Å². The summed E-state index contributed by atoms with van der Waals surface area (Å²) in [5.74, 6) is -1.91. The van der Waals surface area contributed by atoms with Crippen molar-refractivity contribution < 1.29 is 19.6 Å². The lowest BCUT2D eigenvalue weighted by atomic mass is 10.1. The zero-order chi connectivity index (χ0) is 14.4. The summed E-state index contributed by atoms with van der Waals surface area (Å²) in [6, 6.07) is 3.10. The number of amides is 1. The minimum absolute atomic E-state index is 0.196. The molecular weight excluding hydrogens is 252 g/mol. The number of unbranched alkanes of at least 4 members (excludes halogenated alkanes) is 1. The molecule has 0 aromatic heterocycles. The van der Waals surface area contributed by atoms with Crippen LogP contribution in [-0.4, -0.2) is 28.5 Å². The zero-order valence-electron chi connectivity index (χ0n) is 10.4. The van der Waals surface area contributed by atoms with Crippen molar-refractivity contribution in [1.29, 1.82) is 0 Å². The van der Waals surface area contributed by atoms with Crippen molar-refractivity contribution >= 4 is 17.6 Å². The van der Waals surface area contributed by atoms with Crippen molar-refractivity contribution in [1.82, 2.24) is 5.32 Å². The molecule has 0 saturated carbocycles. The standard InChI is InChI=1S/C12H14N2O5/c1-2-3-6-13-11(15)10-7-8(14(18)19)4-5-9(10)12(16)17/h4-5,7H,2-3,6H2,1H3,(H,13,15)(H,16,17). The highest BCUT2D eigenvalue weighted by molar-refractivity contribution is 6.05. The van der Waals surface area contributed by atoms with Crippen LogP contribution in [0.5, 0.6) is 0 Å². The van der Waals surface area contributed by atoms with Crippen LogP contribution in [0.4, 0.5) is 5.69 Å². The second-order valence-corrected chi connectivity index (χ2v) is 3.90. The Hall–Kier alpha value is -2.44. The highest BCUT2D eigenvalue weighted by atomic mass is 16.6. The molecule has 0 aliphatic heterocycles. The van der Waals surface area contributed by atoms with E-state index < -0.39 is 16.8 Å². The number of nitro benzene ring substituents is 1. The Morgan fingerprint density at radius 3 is 2.58 bits per heavy atom. The molecule has 0 spiro atoms. The lowest BCUT2D eigenvalue weighted by Gasteiger charge is -2.07. The van der Waals surface area contributed by atoms with Crippen molar-refractivity contribution in [2.24, 2.45) is 0 Å². The van der Waals surface area contributed by atoms with Gasteiger partial charge in [-0.05, 0) is 12.5 Å². The summed E-state index contributed by atoms with van der Waals surface area (Å²) in [6.07, 6.45) is 1.63. The van der Waals surface area contributed by atoms with Crippen LogP contribution in [-0.2, 0) is 0 Å². The Morgan fingerprint density at radius 2 is 2.05 bits per heavy atom. The van der Waals surface area contributed by atoms with Crippen LogP contribution in [0, 0.1) is 10.1 Å². The molecule has 0 aliphatic carbocycles. The third-order valence-electron chi connectivity index (χ3n) is 2.50. The van der Waals surface area contributed by atoms with Gasteiger partial charge in [0.15, 0.2) is 0 Å². The molecule has 19 heavy (non-hydrogen) atoms. The quantitative estimate of drug-likeness (QED) is 0.463. The minimum atomic E-state index is -1.30. The number of hydrogen-bond donors (Lipinski definition) is 2. The van der Waals surface area contributed by atoms with E-state index in [9.17, 15) is 19.7 Å². The Bertz CT molecular complexity index is 513. The van der Waals surface area contributed by atoms with Gasteiger partial charge in [0.2, 0.25) is 0 Å². The van der Waals surface area contributed by atoms with Crippen LogP contribution in [0.15, 0.2) is 18.2 Å². The summed E-state index contributed by atoms with van der Waals surface area (Å²) in [6.45, 7) is 2.35. The van der Waals surface area contributed by atoms with Gasteiger partial charge in [-0.2, -0.15) is 0 Å². The fourth-order valence-corrected chi connectivity index (χ4v) is 1.49. The topological polar surface area (TPSA) is 110 Å². The van der Waals surface area contributed by atoms with Gasteiger partial charge in [0.05, 0.1) is 16.1 Å². The second-order valence-electron chi connectivity index (χ2n) is 3.90. The molecule has 0 aliphatic rings. The number of nitro groups is 1. The van der Waals surface area contributed by atoms with Crippen LogP contribution in [0.1, 0.15) is 40.5 Å². The first-order valence-electron chi connectivity index (χ1n) is 5.77. The van der Waals surface area contributed by atoms with E-state index in [0.717, 1.165) is 31.0 Å². The predicted molar refractivity (Wildman–Crippen MR) is 67.3 cm³/mol. The summed E-state index contributed by atoms with van der Waals surface area (Å²) in [4.78, 5) is 32.8. The van der Waals surface area contributed by atoms with E-state index in [1.165, 1.54) is 0 Å². The number of aromatic carboxylic acids is 1. The summed E-state index contributed by atoms with van der Waals surface area (Å²) in [5, 5.41) is 22.1. The highest BCUT2D eigenvalue weighted by Gasteiger charge is 2.20. The number of carbonyl (C=O) groups is 2. The van der Waals surface area contributed by atoms with E-state index in [4.69, 9.17) is 5.11 Å². The average Bonchev–Trinajstić information content (AvgIpc) is 2.37. The van der Waals surface area contributed by atoms with Crippen LogP contribution in [0.25, 0.3) is 0 Å². The molecule has 0 saturated heterocycles. The number of nitrogens with zero attached hydrogens (tertiary/aromatic N) is 1. The van der Waals surface area contributed by atoms with E-state index in [1.54, 1.807) is 0 Å². The van der Waals surface area contributed by atoms with Crippen LogP contribution >= 0.6 is 0 Å². The van der Waals surface area contributed by atoms with Crippen molar-refractivity contribution in [2.75, 3.05) is 6.54 Å². The molecule has 0 fully saturated rings. The Labute approximate surface area is 109 Å². The van der Waals surface area contributed by atoms with Gasteiger partial charge in [0, 0.05) is 18.7 Å². The first-order chi connectivity index (χ1) is 8.97. The third kappa shape index (κ3) is 3.77. The van der Waals surface area contributed by atoms with Gasteiger partial charge < -0.3 is 10.4 Å². The molecule has 1 rings (SSSR count). The van der Waals surface area contributed by atoms with Crippen molar-refractivity contribution in [3.8, 4) is 0 Å². The van der Waals surface area contributed by atoms with Crippen LogP contribution < -0.4 is 5.32 Å². The number of carbonyl (C=O) groups excluding carboxylic acids is 1. The van der Waals surface area contributed by atoms with Gasteiger partial charge in [-0.3, -0.25) is 14.9 Å². The Balaban J connectivity index is 3.06. The van der Waals surface area contributed by atoms with E-state index >= 15 is 0 Å². The number of rotatable bonds is 6. The predicted octanol–water partition coefficient (Wildman–Crippen LogP) is 1.82. The van der Waals surface area contributed by atoms with Gasteiger partial charge >= 0.3 is 5.97 Å². The largest absolute Gasteiger partial charge is 0.478 e.